The second-order valence-corrected chi connectivity index (χ2v) is 3.49. The Morgan fingerprint density at radius 2 is 2.38 bits per heavy atom. The fourth-order valence-corrected chi connectivity index (χ4v) is 1.31. The first kappa shape index (κ1) is 12.6. The zero-order valence-electron chi connectivity index (χ0n) is 9.82. The number of aromatic nitrogens is 1. The molecule has 1 aromatic heterocycles. The number of hydrogen-bond donors (Lipinski definition) is 1. The van der Waals surface area contributed by atoms with Gasteiger partial charge < -0.3 is 10.1 Å². The van der Waals surface area contributed by atoms with Crippen molar-refractivity contribution < 1.29 is 9.53 Å². The van der Waals surface area contributed by atoms with Crippen LogP contribution in [0.3, 0.4) is 0 Å². The molecule has 1 amide bonds. The van der Waals surface area contributed by atoms with Gasteiger partial charge in [0.1, 0.15) is 0 Å². The molecule has 0 fully saturated rings. The minimum absolute atomic E-state index is 0.0537. The van der Waals surface area contributed by atoms with Crippen LogP contribution in [0.15, 0.2) is 18.3 Å². The largest absolute Gasteiger partial charge is 0.382 e. The van der Waals surface area contributed by atoms with Gasteiger partial charge in [-0.15, -0.1) is 0 Å². The van der Waals surface area contributed by atoms with E-state index in [-0.39, 0.29) is 5.91 Å². The van der Waals surface area contributed by atoms with E-state index in [1.54, 1.807) is 18.3 Å². The van der Waals surface area contributed by atoms with Gasteiger partial charge in [0.05, 0.1) is 0 Å². The molecule has 0 saturated carbocycles. The molecule has 0 aromatic carbocycles. The normalized spacial score (nSPS) is 10.1. The lowest BCUT2D eigenvalue weighted by atomic mass is 10.2. The van der Waals surface area contributed by atoms with Crippen LogP contribution in [-0.4, -0.2) is 30.6 Å². The van der Waals surface area contributed by atoms with Crippen LogP contribution in [0.5, 0.6) is 0 Å². The van der Waals surface area contributed by atoms with Crippen LogP contribution < -0.4 is 5.32 Å². The molecule has 0 spiro atoms. The van der Waals surface area contributed by atoms with E-state index in [4.69, 9.17) is 4.74 Å². The van der Waals surface area contributed by atoms with E-state index in [1.165, 1.54) is 0 Å². The Hall–Kier alpha value is -1.42. The monoisotopic (exact) mass is 222 g/mol. The lowest BCUT2D eigenvalue weighted by molar-refractivity contribution is 0.0944. The number of nitrogens with one attached hydrogen (secondary N) is 1. The number of hydrogen-bond acceptors (Lipinski definition) is 3. The molecule has 0 atom stereocenters. The summed E-state index contributed by atoms with van der Waals surface area (Å²) in [6, 6.07) is 3.49. The maximum absolute atomic E-state index is 11.6. The molecule has 88 valence electrons. The highest BCUT2D eigenvalue weighted by Gasteiger charge is 2.04. The third kappa shape index (κ3) is 4.40. The van der Waals surface area contributed by atoms with Crippen LogP contribution in [0.4, 0.5) is 0 Å². The van der Waals surface area contributed by atoms with Gasteiger partial charge in [0.25, 0.3) is 5.91 Å². The Morgan fingerprint density at radius 1 is 1.56 bits per heavy atom. The third-order valence-corrected chi connectivity index (χ3v) is 2.11. The van der Waals surface area contributed by atoms with Crippen molar-refractivity contribution in [2.75, 3.05) is 19.8 Å². The number of rotatable bonds is 6. The second-order valence-electron chi connectivity index (χ2n) is 3.49. The lowest BCUT2D eigenvalue weighted by Gasteiger charge is -2.05. The summed E-state index contributed by atoms with van der Waals surface area (Å²) in [6.45, 7) is 5.87. The summed E-state index contributed by atoms with van der Waals surface area (Å²) in [5.74, 6) is -0.0537. The minimum atomic E-state index is -0.0537. The highest BCUT2D eigenvalue weighted by molar-refractivity contribution is 5.94. The number of amides is 1. The molecule has 4 nitrogen and oxygen atoms in total. The van der Waals surface area contributed by atoms with Crippen molar-refractivity contribution in [2.24, 2.45) is 0 Å². The fourth-order valence-electron chi connectivity index (χ4n) is 1.31. The molecule has 1 N–H and O–H groups in total. The maximum atomic E-state index is 11.6. The van der Waals surface area contributed by atoms with Crippen molar-refractivity contribution in [2.45, 2.75) is 20.3 Å². The molecule has 0 unspecified atom stereocenters. The van der Waals surface area contributed by atoms with E-state index in [0.717, 1.165) is 18.7 Å². The molecular weight excluding hydrogens is 204 g/mol. The third-order valence-electron chi connectivity index (χ3n) is 2.11. The van der Waals surface area contributed by atoms with Gasteiger partial charge in [0.15, 0.2) is 0 Å². The van der Waals surface area contributed by atoms with E-state index in [9.17, 15) is 4.79 Å². The molecule has 1 heterocycles. The predicted molar refractivity (Wildman–Crippen MR) is 62.4 cm³/mol. The number of nitrogens with zero attached hydrogens (tertiary/aromatic N) is 1. The Labute approximate surface area is 96.0 Å². The summed E-state index contributed by atoms with van der Waals surface area (Å²) >= 11 is 0. The van der Waals surface area contributed by atoms with Gasteiger partial charge in [-0.1, -0.05) is 0 Å². The Morgan fingerprint density at radius 3 is 3.06 bits per heavy atom. The average Bonchev–Trinajstić information content (AvgIpc) is 2.28. The predicted octanol–water partition coefficient (Wildman–Crippen LogP) is 1.55. The van der Waals surface area contributed by atoms with Crippen molar-refractivity contribution in [3.63, 3.8) is 0 Å². The van der Waals surface area contributed by atoms with Gasteiger partial charge in [-0.05, 0) is 32.4 Å². The lowest BCUT2D eigenvalue weighted by Crippen LogP contribution is -2.25. The average molecular weight is 222 g/mol. The quantitative estimate of drug-likeness (QED) is 0.743. The van der Waals surface area contributed by atoms with Gasteiger partial charge in [0, 0.05) is 37.2 Å². The molecule has 16 heavy (non-hydrogen) atoms. The zero-order chi connectivity index (χ0) is 11.8. The van der Waals surface area contributed by atoms with Gasteiger partial charge >= 0.3 is 0 Å². The van der Waals surface area contributed by atoms with E-state index in [0.29, 0.717) is 18.7 Å². The van der Waals surface area contributed by atoms with Crippen molar-refractivity contribution >= 4 is 5.91 Å². The molecule has 1 aromatic rings. The molecule has 0 radical (unpaired) electrons. The fraction of sp³-hybridized carbons (Fsp3) is 0.500. The summed E-state index contributed by atoms with van der Waals surface area (Å²) < 4.78 is 5.18. The molecular formula is C12H18N2O2. The van der Waals surface area contributed by atoms with Crippen LogP contribution in [0.1, 0.15) is 29.4 Å². The Kier molecular flexibility index (Phi) is 5.50. The summed E-state index contributed by atoms with van der Waals surface area (Å²) in [5.41, 5.74) is 1.51. The zero-order valence-corrected chi connectivity index (χ0v) is 9.82. The smallest absolute Gasteiger partial charge is 0.251 e. The van der Waals surface area contributed by atoms with Gasteiger partial charge in [-0.3, -0.25) is 9.78 Å². The van der Waals surface area contributed by atoms with Crippen molar-refractivity contribution in [3.05, 3.63) is 29.6 Å². The first-order valence-corrected chi connectivity index (χ1v) is 5.52. The van der Waals surface area contributed by atoms with Crippen LogP contribution in [-0.2, 0) is 4.74 Å². The first-order chi connectivity index (χ1) is 7.74. The van der Waals surface area contributed by atoms with Gasteiger partial charge in [-0.25, -0.2) is 0 Å². The minimum Gasteiger partial charge on any atom is -0.382 e. The van der Waals surface area contributed by atoms with E-state index >= 15 is 0 Å². The van der Waals surface area contributed by atoms with Crippen LogP contribution in [0.25, 0.3) is 0 Å². The number of ether oxygens (including phenoxy) is 1. The molecule has 0 aliphatic heterocycles. The van der Waals surface area contributed by atoms with Gasteiger partial charge in [0.2, 0.25) is 0 Å². The number of carbonyl (C=O) groups is 1. The standard InChI is InChI=1S/C12H18N2O2/c1-3-16-8-4-6-14-12(15)11-5-7-13-10(2)9-11/h5,7,9H,3-4,6,8H2,1-2H3,(H,14,15). The molecule has 1 rings (SSSR count). The summed E-state index contributed by atoms with van der Waals surface area (Å²) in [6.07, 6.45) is 2.48. The summed E-state index contributed by atoms with van der Waals surface area (Å²) in [4.78, 5) is 15.7. The van der Waals surface area contributed by atoms with Crippen molar-refractivity contribution in [3.8, 4) is 0 Å². The second kappa shape index (κ2) is 6.95. The first-order valence-electron chi connectivity index (χ1n) is 5.52. The summed E-state index contributed by atoms with van der Waals surface area (Å²) in [5, 5.41) is 2.84. The molecule has 0 aliphatic rings. The Bertz CT molecular complexity index is 340. The number of pyridine rings is 1. The van der Waals surface area contributed by atoms with E-state index in [1.807, 2.05) is 13.8 Å². The SMILES string of the molecule is CCOCCCNC(=O)c1ccnc(C)c1. The van der Waals surface area contributed by atoms with Crippen LogP contribution in [0, 0.1) is 6.92 Å². The van der Waals surface area contributed by atoms with Crippen molar-refractivity contribution in [1.82, 2.24) is 10.3 Å². The highest BCUT2D eigenvalue weighted by Crippen LogP contribution is 2.00. The van der Waals surface area contributed by atoms with Gasteiger partial charge in [-0.2, -0.15) is 0 Å². The molecule has 4 heteroatoms. The number of aryl methyl sites for hydroxylation is 1. The molecule has 0 saturated heterocycles. The van der Waals surface area contributed by atoms with E-state index < -0.39 is 0 Å². The van der Waals surface area contributed by atoms with E-state index in [2.05, 4.69) is 10.3 Å². The van der Waals surface area contributed by atoms with Crippen LogP contribution >= 0.6 is 0 Å². The summed E-state index contributed by atoms with van der Waals surface area (Å²) in [7, 11) is 0. The number of carbonyl (C=O) groups excluding carboxylic acids is 1. The maximum Gasteiger partial charge on any atom is 0.251 e. The highest BCUT2D eigenvalue weighted by atomic mass is 16.5. The van der Waals surface area contributed by atoms with Crippen LogP contribution in [0.2, 0.25) is 0 Å². The molecule has 0 aliphatic carbocycles. The topological polar surface area (TPSA) is 51.2 Å². The van der Waals surface area contributed by atoms with Crippen molar-refractivity contribution in [1.29, 1.82) is 0 Å². The Balaban J connectivity index is 2.30. The molecule has 0 bridgehead atoms.